The molecule has 0 unspecified atom stereocenters. The van der Waals surface area contributed by atoms with Gasteiger partial charge in [0.1, 0.15) is 18.2 Å². The standard InChI is InChI=1S/C17H23NO6.C12H23N/c1-17(2,3)24-15(21)13(9-10-14(19)20)18-16(22)23-11-12-7-5-4-6-8-12;1-3-7-11(8-4-1)13-12-9-5-2-6-10-12/h4-8,13H,9-11H2,1-3H3,(H,18,22)(H,19,20);11-13H,1-10H2/t13-;/m1./s1. The van der Waals surface area contributed by atoms with Crippen molar-refractivity contribution in [3.63, 3.8) is 0 Å². The summed E-state index contributed by atoms with van der Waals surface area (Å²) in [5.74, 6) is -1.76. The molecule has 2 aliphatic rings. The van der Waals surface area contributed by atoms with Crippen LogP contribution in [0, 0.1) is 0 Å². The lowest BCUT2D eigenvalue weighted by Crippen LogP contribution is -2.44. The molecule has 0 radical (unpaired) electrons. The van der Waals surface area contributed by atoms with Crippen molar-refractivity contribution in [2.24, 2.45) is 0 Å². The normalized spacial score (nSPS) is 17.6. The lowest BCUT2D eigenvalue weighted by atomic mass is 9.91. The fourth-order valence-corrected chi connectivity index (χ4v) is 4.67. The highest BCUT2D eigenvalue weighted by molar-refractivity contribution is 5.82. The fourth-order valence-electron chi connectivity index (χ4n) is 4.67. The number of hydrogen-bond acceptors (Lipinski definition) is 6. The van der Waals surface area contributed by atoms with Gasteiger partial charge in [-0.1, -0.05) is 68.9 Å². The Bertz CT molecular complexity index is 795. The summed E-state index contributed by atoms with van der Waals surface area (Å²) in [6.07, 6.45) is 13.4. The molecule has 3 N–H and O–H groups in total. The largest absolute Gasteiger partial charge is 0.481 e. The van der Waals surface area contributed by atoms with Crippen molar-refractivity contribution in [3.8, 4) is 0 Å². The maximum atomic E-state index is 12.1. The van der Waals surface area contributed by atoms with E-state index in [-0.39, 0.29) is 19.4 Å². The molecule has 2 fully saturated rings. The van der Waals surface area contributed by atoms with E-state index in [1.165, 1.54) is 64.2 Å². The molecular weight excluding hydrogens is 472 g/mol. The summed E-state index contributed by atoms with van der Waals surface area (Å²) in [7, 11) is 0. The first kappa shape index (κ1) is 30.6. The van der Waals surface area contributed by atoms with E-state index < -0.39 is 29.7 Å². The first-order valence-electron chi connectivity index (χ1n) is 13.8. The summed E-state index contributed by atoms with van der Waals surface area (Å²) in [4.78, 5) is 34.7. The Morgan fingerprint density at radius 3 is 1.95 bits per heavy atom. The van der Waals surface area contributed by atoms with Gasteiger partial charge in [-0.25, -0.2) is 9.59 Å². The van der Waals surface area contributed by atoms with Crippen LogP contribution in [0.3, 0.4) is 0 Å². The zero-order valence-corrected chi connectivity index (χ0v) is 22.8. The van der Waals surface area contributed by atoms with Crippen molar-refractivity contribution >= 4 is 18.0 Å². The molecule has 1 aromatic rings. The molecular formula is C29H46N2O6. The number of carboxylic acid groups (broad SMARTS) is 1. The third-order valence-electron chi connectivity index (χ3n) is 6.52. The summed E-state index contributed by atoms with van der Waals surface area (Å²) in [6, 6.07) is 9.72. The third-order valence-corrected chi connectivity index (χ3v) is 6.52. The van der Waals surface area contributed by atoms with Gasteiger partial charge in [0.2, 0.25) is 0 Å². The number of nitrogens with one attached hydrogen (secondary N) is 2. The van der Waals surface area contributed by atoms with Gasteiger partial charge in [0.25, 0.3) is 0 Å². The molecule has 1 aromatic carbocycles. The highest BCUT2D eigenvalue weighted by Gasteiger charge is 2.27. The zero-order valence-electron chi connectivity index (χ0n) is 22.8. The second-order valence-corrected chi connectivity index (χ2v) is 11.1. The minimum atomic E-state index is -1.08. The number of ether oxygens (including phenoxy) is 2. The van der Waals surface area contributed by atoms with Crippen LogP contribution in [-0.2, 0) is 25.7 Å². The van der Waals surface area contributed by atoms with Crippen LogP contribution in [0.25, 0.3) is 0 Å². The van der Waals surface area contributed by atoms with Crippen molar-refractivity contribution in [1.29, 1.82) is 0 Å². The van der Waals surface area contributed by atoms with Gasteiger partial charge in [0.15, 0.2) is 0 Å². The van der Waals surface area contributed by atoms with Gasteiger partial charge in [-0.15, -0.1) is 0 Å². The summed E-state index contributed by atoms with van der Waals surface area (Å²) in [6.45, 7) is 5.11. The number of benzene rings is 1. The molecule has 0 heterocycles. The Kier molecular flexibility index (Phi) is 13.5. The monoisotopic (exact) mass is 518 g/mol. The molecule has 2 aliphatic carbocycles. The van der Waals surface area contributed by atoms with Gasteiger partial charge in [0.05, 0.1) is 0 Å². The van der Waals surface area contributed by atoms with Crippen LogP contribution >= 0.6 is 0 Å². The van der Waals surface area contributed by atoms with E-state index in [1.54, 1.807) is 32.9 Å². The minimum absolute atomic E-state index is 0.0483. The van der Waals surface area contributed by atoms with Crippen LogP contribution < -0.4 is 10.6 Å². The van der Waals surface area contributed by atoms with Crippen LogP contribution in [-0.4, -0.2) is 46.9 Å². The van der Waals surface area contributed by atoms with Crippen molar-refractivity contribution in [2.45, 2.75) is 128 Å². The Hall–Kier alpha value is -2.61. The maximum absolute atomic E-state index is 12.1. The van der Waals surface area contributed by atoms with E-state index in [0.29, 0.717) is 0 Å². The number of esters is 1. The summed E-state index contributed by atoms with van der Waals surface area (Å²) < 4.78 is 10.2. The number of carbonyl (C=O) groups is 3. The maximum Gasteiger partial charge on any atom is 0.408 e. The average Bonchev–Trinajstić information content (AvgIpc) is 2.86. The SMILES string of the molecule is C1CCC(NC2CCCCC2)CC1.CC(C)(C)OC(=O)[C@@H](CCC(=O)O)NC(=O)OCc1ccccc1. The number of carboxylic acids is 1. The lowest BCUT2D eigenvalue weighted by Gasteiger charge is -2.30. The highest BCUT2D eigenvalue weighted by atomic mass is 16.6. The number of aliphatic carboxylic acids is 1. The molecule has 1 amide bonds. The van der Waals surface area contributed by atoms with Gasteiger partial charge in [-0.2, -0.15) is 0 Å². The van der Waals surface area contributed by atoms with E-state index in [4.69, 9.17) is 14.6 Å². The zero-order chi connectivity index (χ0) is 27.1. The smallest absolute Gasteiger partial charge is 0.408 e. The van der Waals surface area contributed by atoms with Crippen LogP contribution in [0.15, 0.2) is 30.3 Å². The minimum Gasteiger partial charge on any atom is -0.481 e. The van der Waals surface area contributed by atoms with Crippen molar-refractivity contribution in [3.05, 3.63) is 35.9 Å². The third kappa shape index (κ3) is 14.1. The number of hydrogen-bond donors (Lipinski definition) is 3. The van der Waals surface area contributed by atoms with Crippen molar-refractivity contribution < 1.29 is 29.0 Å². The van der Waals surface area contributed by atoms with E-state index >= 15 is 0 Å². The van der Waals surface area contributed by atoms with Gasteiger partial charge in [0, 0.05) is 18.5 Å². The molecule has 0 aliphatic heterocycles. The number of amides is 1. The summed E-state index contributed by atoms with van der Waals surface area (Å²) in [5, 5.41) is 15.0. The van der Waals surface area contributed by atoms with Gasteiger partial charge >= 0.3 is 18.0 Å². The van der Waals surface area contributed by atoms with E-state index in [1.807, 2.05) is 18.2 Å². The molecule has 1 atom stereocenters. The van der Waals surface area contributed by atoms with Crippen molar-refractivity contribution in [1.82, 2.24) is 10.6 Å². The van der Waals surface area contributed by atoms with Crippen LogP contribution in [0.5, 0.6) is 0 Å². The predicted octanol–water partition coefficient (Wildman–Crippen LogP) is 5.73. The quantitative estimate of drug-likeness (QED) is 0.358. The average molecular weight is 519 g/mol. The molecule has 3 rings (SSSR count). The first-order chi connectivity index (χ1) is 17.6. The Morgan fingerprint density at radius 1 is 0.919 bits per heavy atom. The Labute approximate surface area is 221 Å². The fraction of sp³-hybridized carbons (Fsp3) is 0.690. The van der Waals surface area contributed by atoms with E-state index in [2.05, 4.69) is 10.6 Å². The number of carbonyl (C=O) groups excluding carboxylic acids is 2. The van der Waals surface area contributed by atoms with Gasteiger partial charge in [-0.05, 0) is 58.4 Å². The molecule has 0 saturated heterocycles. The summed E-state index contributed by atoms with van der Waals surface area (Å²) >= 11 is 0. The van der Waals surface area contributed by atoms with E-state index in [9.17, 15) is 14.4 Å². The topological polar surface area (TPSA) is 114 Å². The Balaban J connectivity index is 0.000000308. The molecule has 208 valence electrons. The second-order valence-electron chi connectivity index (χ2n) is 11.1. The molecule has 8 heteroatoms. The van der Waals surface area contributed by atoms with Gasteiger partial charge in [-0.3, -0.25) is 4.79 Å². The molecule has 37 heavy (non-hydrogen) atoms. The van der Waals surface area contributed by atoms with Crippen LogP contribution in [0.1, 0.15) is 103 Å². The van der Waals surface area contributed by atoms with Gasteiger partial charge < -0.3 is 25.2 Å². The molecule has 2 saturated carbocycles. The molecule has 0 aromatic heterocycles. The van der Waals surface area contributed by atoms with E-state index in [0.717, 1.165) is 17.6 Å². The first-order valence-corrected chi connectivity index (χ1v) is 13.8. The predicted molar refractivity (Wildman–Crippen MR) is 143 cm³/mol. The molecule has 0 spiro atoms. The molecule has 8 nitrogen and oxygen atoms in total. The number of alkyl carbamates (subject to hydrolysis) is 1. The number of rotatable bonds is 9. The van der Waals surface area contributed by atoms with Crippen LogP contribution in [0.2, 0.25) is 0 Å². The summed E-state index contributed by atoms with van der Waals surface area (Å²) in [5.41, 5.74) is 0.0563. The van der Waals surface area contributed by atoms with Crippen molar-refractivity contribution in [2.75, 3.05) is 0 Å². The second kappa shape index (κ2) is 16.3. The molecule has 0 bridgehead atoms. The highest BCUT2D eigenvalue weighted by Crippen LogP contribution is 2.22. The lowest BCUT2D eigenvalue weighted by molar-refractivity contribution is -0.157. The Morgan fingerprint density at radius 2 is 1.46 bits per heavy atom. The van der Waals surface area contributed by atoms with Crippen LogP contribution in [0.4, 0.5) is 4.79 Å².